The Labute approximate surface area is 134 Å². The summed E-state index contributed by atoms with van der Waals surface area (Å²) in [4.78, 5) is 1.68. The molecule has 0 spiro atoms. The topological polar surface area (TPSA) is 40.6 Å². The molecule has 0 heterocycles. The third-order valence-electron chi connectivity index (χ3n) is 3.91. The Morgan fingerprint density at radius 2 is 1.45 bits per heavy atom. The van der Waals surface area contributed by atoms with Crippen molar-refractivity contribution in [2.24, 2.45) is 5.41 Å². The number of hydrogen-bond donors (Lipinski definition) is 0. The van der Waals surface area contributed by atoms with Gasteiger partial charge in [-0.1, -0.05) is 20.8 Å². The summed E-state index contributed by atoms with van der Waals surface area (Å²) >= 11 is 0. The molecule has 0 aliphatic carbocycles. The highest BCUT2D eigenvalue weighted by molar-refractivity contribution is 7.88. The molecule has 0 amide bonds. The number of hydrogen-bond acceptors (Lipinski definition) is 3. The van der Waals surface area contributed by atoms with Gasteiger partial charge in [-0.3, -0.25) is 4.90 Å². The molecule has 22 heavy (non-hydrogen) atoms. The van der Waals surface area contributed by atoms with Crippen molar-refractivity contribution in [1.29, 1.82) is 0 Å². The lowest BCUT2D eigenvalue weighted by molar-refractivity contribution is 0.0323. The van der Waals surface area contributed by atoms with Gasteiger partial charge < -0.3 is 0 Å². The molecule has 0 aliphatic rings. The van der Waals surface area contributed by atoms with Gasteiger partial charge in [-0.2, -0.15) is 4.31 Å². The second kappa shape index (κ2) is 7.53. The standard InChI is InChI=1S/C15H32F2N2O2S/c1-12(14(2,3)4)18(11-13(16)17)9-10-19(15(5,6)7)22(8,20)21/h12-13H,9-11H2,1-8H3/t12-/m0/s1. The Morgan fingerprint density at radius 3 is 1.73 bits per heavy atom. The molecule has 4 nitrogen and oxygen atoms in total. The molecule has 0 unspecified atom stereocenters. The lowest BCUT2D eigenvalue weighted by Crippen LogP contribution is -2.52. The summed E-state index contributed by atoms with van der Waals surface area (Å²) in [6.07, 6.45) is -1.28. The molecular formula is C15H32F2N2O2S. The molecule has 7 heteroatoms. The SMILES string of the molecule is C[C@H](N(CCN(C(C)(C)C)S(C)(=O)=O)CC(F)F)C(C)(C)C. The fraction of sp³-hybridized carbons (Fsp3) is 1.00. The van der Waals surface area contributed by atoms with Gasteiger partial charge in [0.1, 0.15) is 0 Å². The van der Waals surface area contributed by atoms with Gasteiger partial charge >= 0.3 is 0 Å². The molecule has 0 fully saturated rings. The van der Waals surface area contributed by atoms with E-state index in [1.807, 2.05) is 27.7 Å². The van der Waals surface area contributed by atoms with E-state index in [0.29, 0.717) is 0 Å². The van der Waals surface area contributed by atoms with Gasteiger partial charge in [-0.05, 0) is 33.1 Å². The summed E-state index contributed by atoms with van der Waals surface area (Å²) in [5.74, 6) is 0. The second-order valence-corrected chi connectivity index (χ2v) is 9.84. The van der Waals surface area contributed by atoms with E-state index >= 15 is 0 Å². The zero-order chi connectivity index (χ0) is 17.9. The molecule has 1 atom stereocenters. The second-order valence-electron chi connectivity index (χ2n) is 7.93. The number of nitrogens with zero attached hydrogens (tertiary/aromatic N) is 2. The van der Waals surface area contributed by atoms with Crippen molar-refractivity contribution in [3.63, 3.8) is 0 Å². The third kappa shape index (κ3) is 7.33. The molecule has 0 aliphatic heterocycles. The normalized spacial score (nSPS) is 15.9. The maximum absolute atomic E-state index is 12.9. The fourth-order valence-corrected chi connectivity index (χ4v) is 3.79. The maximum Gasteiger partial charge on any atom is 0.251 e. The quantitative estimate of drug-likeness (QED) is 0.714. The van der Waals surface area contributed by atoms with Crippen LogP contribution in [0.3, 0.4) is 0 Å². The molecule has 134 valence electrons. The fourth-order valence-electron chi connectivity index (χ4n) is 2.39. The van der Waals surface area contributed by atoms with Crippen LogP contribution < -0.4 is 0 Å². The van der Waals surface area contributed by atoms with Crippen molar-refractivity contribution in [3.8, 4) is 0 Å². The highest BCUT2D eigenvalue weighted by Crippen LogP contribution is 2.25. The van der Waals surface area contributed by atoms with Crippen LogP contribution in [0.15, 0.2) is 0 Å². The average Bonchev–Trinajstić information content (AvgIpc) is 2.21. The van der Waals surface area contributed by atoms with Gasteiger partial charge in [0.15, 0.2) is 0 Å². The molecule has 0 rings (SSSR count). The van der Waals surface area contributed by atoms with E-state index in [0.717, 1.165) is 6.26 Å². The minimum absolute atomic E-state index is 0.0807. The minimum Gasteiger partial charge on any atom is -0.293 e. The molecule has 0 aromatic heterocycles. The summed E-state index contributed by atoms with van der Waals surface area (Å²) in [7, 11) is -3.39. The van der Waals surface area contributed by atoms with Crippen LogP contribution in [-0.2, 0) is 10.0 Å². The first kappa shape index (κ1) is 21.7. The van der Waals surface area contributed by atoms with Gasteiger partial charge in [0.2, 0.25) is 10.0 Å². The Kier molecular flexibility index (Phi) is 7.44. The van der Waals surface area contributed by atoms with Crippen molar-refractivity contribution in [2.45, 2.75) is 66.5 Å². The number of alkyl halides is 2. The average molecular weight is 342 g/mol. The number of sulfonamides is 1. The van der Waals surface area contributed by atoms with Gasteiger partial charge in [0.25, 0.3) is 6.43 Å². The summed E-state index contributed by atoms with van der Waals surface area (Å²) in [6, 6.07) is -0.0807. The van der Waals surface area contributed by atoms with E-state index in [2.05, 4.69) is 0 Å². The van der Waals surface area contributed by atoms with Gasteiger partial charge in [0, 0.05) is 24.7 Å². The van der Waals surface area contributed by atoms with Crippen LogP contribution in [0.25, 0.3) is 0 Å². The highest BCUT2D eigenvalue weighted by Gasteiger charge is 2.32. The first-order valence-corrected chi connectivity index (χ1v) is 9.41. The van der Waals surface area contributed by atoms with E-state index in [1.54, 1.807) is 25.7 Å². The Balaban J connectivity index is 5.16. The monoisotopic (exact) mass is 342 g/mol. The van der Waals surface area contributed by atoms with Crippen molar-refractivity contribution in [3.05, 3.63) is 0 Å². The molecule has 0 N–H and O–H groups in total. The smallest absolute Gasteiger partial charge is 0.251 e. The minimum atomic E-state index is -3.39. The van der Waals surface area contributed by atoms with Gasteiger partial charge in [0.05, 0.1) is 12.8 Å². The molecule has 0 aromatic carbocycles. The van der Waals surface area contributed by atoms with E-state index in [9.17, 15) is 17.2 Å². The Morgan fingerprint density at radius 1 is 1.00 bits per heavy atom. The number of halogens is 2. The zero-order valence-electron chi connectivity index (χ0n) is 15.2. The van der Waals surface area contributed by atoms with Crippen LogP contribution in [0, 0.1) is 5.41 Å². The Hall–Kier alpha value is -0.270. The summed E-state index contributed by atoms with van der Waals surface area (Å²) in [5, 5.41) is 0. The predicted molar refractivity (Wildman–Crippen MR) is 87.8 cm³/mol. The molecule has 0 aromatic rings. The van der Waals surface area contributed by atoms with Crippen LogP contribution >= 0.6 is 0 Å². The van der Waals surface area contributed by atoms with E-state index < -0.39 is 22.0 Å². The highest BCUT2D eigenvalue weighted by atomic mass is 32.2. The van der Waals surface area contributed by atoms with E-state index in [4.69, 9.17) is 0 Å². The van der Waals surface area contributed by atoms with Gasteiger partial charge in [-0.25, -0.2) is 17.2 Å². The lowest BCUT2D eigenvalue weighted by Gasteiger charge is -2.40. The molecule has 0 saturated heterocycles. The Bertz CT molecular complexity index is 439. The summed E-state index contributed by atoms with van der Waals surface area (Å²) in [6.45, 7) is 13.4. The van der Waals surface area contributed by atoms with E-state index in [1.165, 1.54) is 4.31 Å². The third-order valence-corrected chi connectivity index (χ3v) is 5.44. The van der Waals surface area contributed by atoms with Crippen molar-refractivity contribution >= 4 is 10.0 Å². The van der Waals surface area contributed by atoms with Crippen LogP contribution in [0.1, 0.15) is 48.5 Å². The van der Waals surface area contributed by atoms with E-state index in [-0.39, 0.29) is 31.1 Å². The summed E-state index contributed by atoms with van der Waals surface area (Å²) < 4.78 is 51.0. The molecular weight excluding hydrogens is 310 g/mol. The van der Waals surface area contributed by atoms with Crippen LogP contribution in [0.2, 0.25) is 0 Å². The van der Waals surface area contributed by atoms with Crippen LogP contribution in [-0.4, -0.2) is 61.5 Å². The molecule has 0 saturated carbocycles. The van der Waals surface area contributed by atoms with Crippen LogP contribution in [0.4, 0.5) is 8.78 Å². The predicted octanol–water partition coefficient (Wildman–Crippen LogP) is 3.05. The molecule has 0 bridgehead atoms. The van der Waals surface area contributed by atoms with Crippen LogP contribution in [0.5, 0.6) is 0 Å². The first-order chi connectivity index (χ1) is 9.56. The van der Waals surface area contributed by atoms with Gasteiger partial charge in [-0.15, -0.1) is 0 Å². The molecule has 0 radical (unpaired) electrons. The number of rotatable bonds is 7. The lowest BCUT2D eigenvalue weighted by atomic mass is 9.87. The largest absolute Gasteiger partial charge is 0.293 e. The van der Waals surface area contributed by atoms with Crippen molar-refractivity contribution in [1.82, 2.24) is 9.21 Å². The van der Waals surface area contributed by atoms with Crippen molar-refractivity contribution in [2.75, 3.05) is 25.9 Å². The summed E-state index contributed by atoms with van der Waals surface area (Å²) in [5.41, 5.74) is -0.735. The first-order valence-electron chi connectivity index (χ1n) is 7.57. The zero-order valence-corrected chi connectivity index (χ0v) is 16.0. The maximum atomic E-state index is 12.9. The van der Waals surface area contributed by atoms with Crippen molar-refractivity contribution < 1.29 is 17.2 Å².